The smallest absolute Gasteiger partial charge is 0.341 e. The second kappa shape index (κ2) is 11.9. The molecule has 0 saturated carbocycles. The van der Waals surface area contributed by atoms with Crippen molar-refractivity contribution in [3.05, 3.63) is 45.8 Å². The molecule has 1 aromatic heterocycles. The monoisotopic (exact) mass is 510 g/mol. The average molecular weight is 511 g/mol. The van der Waals surface area contributed by atoms with Gasteiger partial charge in [0.1, 0.15) is 5.00 Å². The van der Waals surface area contributed by atoms with Gasteiger partial charge < -0.3 is 19.5 Å². The number of thiophene rings is 1. The van der Waals surface area contributed by atoms with Crippen molar-refractivity contribution in [2.75, 3.05) is 52.4 Å². The van der Waals surface area contributed by atoms with Crippen molar-refractivity contribution >= 4 is 38.2 Å². The van der Waals surface area contributed by atoms with E-state index in [0.717, 1.165) is 29.7 Å². The molecule has 1 aliphatic rings. The molecule has 0 radical (unpaired) electrons. The number of ether oxygens (including phenoxy) is 3. The number of benzene rings is 1. The van der Waals surface area contributed by atoms with Crippen LogP contribution in [0.25, 0.3) is 0 Å². The Morgan fingerprint density at radius 2 is 1.71 bits per heavy atom. The number of nitrogens with one attached hydrogen (secondary N) is 1. The summed E-state index contributed by atoms with van der Waals surface area (Å²) in [6.45, 7) is 2.85. The number of carbonyl (C=O) groups is 2. The Morgan fingerprint density at radius 1 is 1.06 bits per heavy atom. The van der Waals surface area contributed by atoms with Crippen molar-refractivity contribution in [1.82, 2.24) is 4.31 Å². The molecule has 1 N–H and O–H groups in total. The van der Waals surface area contributed by atoms with E-state index in [1.54, 1.807) is 6.92 Å². The fourth-order valence-electron chi connectivity index (χ4n) is 3.75. The fourth-order valence-corrected chi connectivity index (χ4v) is 6.43. The molecule has 0 spiro atoms. The van der Waals surface area contributed by atoms with Crippen molar-refractivity contribution < 1.29 is 32.2 Å². The zero-order valence-electron chi connectivity index (χ0n) is 19.6. The second-order valence-corrected chi connectivity index (χ2v) is 10.7. The summed E-state index contributed by atoms with van der Waals surface area (Å²) in [5, 5.41) is 3.29. The molecule has 0 aliphatic heterocycles. The van der Waals surface area contributed by atoms with Gasteiger partial charge in [0.25, 0.3) is 5.91 Å². The zero-order chi connectivity index (χ0) is 24.7. The topological polar surface area (TPSA) is 111 Å². The lowest BCUT2D eigenvalue weighted by Gasteiger charge is -2.21. The summed E-state index contributed by atoms with van der Waals surface area (Å²) in [5.41, 5.74) is 1.66. The maximum absolute atomic E-state index is 13.0. The predicted octanol–water partition coefficient (Wildman–Crippen LogP) is 2.95. The first-order valence-corrected chi connectivity index (χ1v) is 13.3. The number of carbonyl (C=O) groups excluding carboxylic acids is 2. The molecule has 1 aromatic carbocycles. The van der Waals surface area contributed by atoms with Gasteiger partial charge in [-0.3, -0.25) is 4.79 Å². The van der Waals surface area contributed by atoms with Crippen LogP contribution >= 0.6 is 11.3 Å². The molecule has 1 heterocycles. The van der Waals surface area contributed by atoms with Crippen molar-refractivity contribution in [3.8, 4) is 0 Å². The summed E-state index contributed by atoms with van der Waals surface area (Å²) in [4.78, 5) is 26.6. The zero-order valence-corrected chi connectivity index (χ0v) is 21.2. The van der Waals surface area contributed by atoms with Crippen molar-refractivity contribution in [2.24, 2.45) is 0 Å². The Kier molecular flexibility index (Phi) is 9.20. The minimum absolute atomic E-state index is 0.0681. The minimum atomic E-state index is -3.79. The van der Waals surface area contributed by atoms with Crippen LogP contribution in [0.5, 0.6) is 0 Å². The third-order valence-corrected chi connectivity index (χ3v) is 8.59. The summed E-state index contributed by atoms with van der Waals surface area (Å²) in [6, 6.07) is 5.71. The van der Waals surface area contributed by atoms with Gasteiger partial charge in [0.15, 0.2) is 0 Å². The van der Waals surface area contributed by atoms with Gasteiger partial charge in [-0.15, -0.1) is 11.3 Å². The van der Waals surface area contributed by atoms with Crippen molar-refractivity contribution in [3.63, 3.8) is 0 Å². The second-order valence-electron chi connectivity index (χ2n) is 7.65. The number of hydrogen-bond acceptors (Lipinski definition) is 8. The average Bonchev–Trinajstić information content (AvgIpc) is 3.40. The highest BCUT2D eigenvalue weighted by Crippen LogP contribution is 2.39. The number of hydrogen-bond donors (Lipinski definition) is 1. The molecule has 1 aliphatic carbocycles. The molecule has 3 rings (SSSR count). The molecule has 9 nitrogen and oxygen atoms in total. The van der Waals surface area contributed by atoms with Gasteiger partial charge in [-0.05, 0) is 56.0 Å². The maximum atomic E-state index is 13.0. The van der Waals surface area contributed by atoms with Crippen LogP contribution in [0.1, 0.15) is 44.5 Å². The highest BCUT2D eigenvalue weighted by Gasteiger charge is 2.29. The number of nitrogens with zero attached hydrogens (tertiary/aromatic N) is 1. The standard InChI is InChI=1S/C23H30N2O7S2/c1-4-32-23(27)20-18-6-5-7-19(18)33-22(20)24-21(26)16-8-10-17(11-9-16)34(28,29)25(12-14-30-2)13-15-31-3/h8-11H,4-7,12-15H2,1-3H3,(H,24,26). The third kappa shape index (κ3) is 5.84. The molecule has 0 atom stereocenters. The largest absolute Gasteiger partial charge is 0.462 e. The Balaban J connectivity index is 1.79. The lowest BCUT2D eigenvalue weighted by molar-refractivity contribution is 0.0527. The van der Waals surface area contributed by atoms with Crippen molar-refractivity contribution in [2.45, 2.75) is 31.1 Å². The van der Waals surface area contributed by atoms with Gasteiger partial charge in [0.05, 0.1) is 30.3 Å². The van der Waals surface area contributed by atoms with E-state index >= 15 is 0 Å². The lowest BCUT2D eigenvalue weighted by Crippen LogP contribution is -2.36. The summed E-state index contributed by atoms with van der Waals surface area (Å²) >= 11 is 1.39. The van der Waals surface area contributed by atoms with Crippen LogP contribution in [-0.2, 0) is 37.1 Å². The number of aryl methyl sites for hydroxylation is 1. The number of amides is 1. The van der Waals surface area contributed by atoms with Crippen LogP contribution in [0.15, 0.2) is 29.2 Å². The van der Waals surface area contributed by atoms with Gasteiger partial charge in [0, 0.05) is 37.7 Å². The third-order valence-electron chi connectivity index (χ3n) is 5.47. The Bertz CT molecular complexity index is 1100. The van der Waals surface area contributed by atoms with Crippen LogP contribution in [0.4, 0.5) is 5.00 Å². The van der Waals surface area contributed by atoms with E-state index in [2.05, 4.69) is 5.32 Å². The normalized spacial score (nSPS) is 13.2. The highest BCUT2D eigenvalue weighted by atomic mass is 32.2. The molecular weight excluding hydrogens is 480 g/mol. The quantitative estimate of drug-likeness (QED) is 0.437. The predicted molar refractivity (Wildman–Crippen MR) is 129 cm³/mol. The highest BCUT2D eigenvalue weighted by molar-refractivity contribution is 7.89. The van der Waals surface area contributed by atoms with Gasteiger partial charge in [-0.2, -0.15) is 4.31 Å². The fraction of sp³-hybridized carbons (Fsp3) is 0.478. The summed E-state index contributed by atoms with van der Waals surface area (Å²) in [7, 11) is -0.779. The number of methoxy groups -OCH3 is 2. The summed E-state index contributed by atoms with van der Waals surface area (Å²) in [5.74, 6) is -0.865. The first-order chi connectivity index (χ1) is 16.3. The Hall–Kier alpha value is -2.31. The van der Waals surface area contributed by atoms with E-state index in [1.807, 2.05) is 0 Å². The number of esters is 1. The van der Waals surface area contributed by atoms with Crippen LogP contribution in [0.2, 0.25) is 0 Å². The Labute approximate surface area is 204 Å². The number of rotatable bonds is 12. The van der Waals surface area contributed by atoms with E-state index in [9.17, 15) is 18.0 Å². The molecule has 11 heteroatoms. The van der Waals surface area contributed by atoms with Crippen LogP contribution < -0.4 is 5.32 Å². The van der Waals surface area contributed by atoms with Crippen molar-refractivity contribution in [1.29, 1.82) is 0 Å². The number of sulfonamides is 1. The molecule has 0 bridgehead atoms. The maximum Gasteiger partial charge on any atom is 0.341 e. The number of fused-ring (bicyclic) bond motifs is 1. The van der Waals surface area contributed by atoms with E-state index in [4.69, 9.17) is 14.2 Å². The SMILES string of the molecule is CCOC(=O)c1c(NC(=O)c2ccc(S(=O)(=O)N(CCOC)CCOC)cc2)sc2c1CCC2. The van der Waals surface area contributed by atoms with Crippen LogP contribution in [0.3, 0.4) is 0 Å². The summed E-state index contributed by atoms with van der Waals surface area (Å²) < 4.78 is 42.6. The molecule has 0 saturated heterocycles. The van der Waals surface area contributed by atoms with E-state index < -0.39 is 21.9 Å². The molecule has 1 amide bonds. The molecular formula is C23H30N2O7S2. The molecule has 34 heavy (non-hydrogen) atoms. The summed E-state index contributed by atoms with van der Waals surface area (Å²) in [6.07, 6.45) is 2.63. The van der Waals surface area contributed by atoms with Gasteiger partial charge in [0.2, 0.25) is 10.0 Å². The molecule has 2 aromatic rings. The van der Waals surface area contributed by atoms with Crippen LogP contribution in [0, 0.1) is 0 Å². The van der Waals surface area contributed by atoms with Crippen LogP contribution in [-0.4, -0.2) is 71.7 Å². The van der Waals surface area contributed by atoms with Gasteiger partial charge >= 0.3 is 5.97 Å². The van der Waals surface area contributed by atoms with Gasteiger partial charge in [-0.1, -0.05) is 0 Å². The lowest BCUT2D eigenvalue weighted by atomic mass is 10.1. The Morgan fingerprint density at radius 3 is 2.29 bits per heavy atom. The van der Waals surface area contributed by atoms with E-state index in [1.165, 1.54) is 54.1 Å². The van der Waals surface area contributed by atoms with E-state index in [-0.39, 0.29) is 43.4 Å². The number of anilines is 1. The molecule has 0 fully saturated rings. The van der Waals surface area contributed by atoms with E-state index in [0.29, 0.717) is 10.6 Å². The first-order valence-electron chi connectivity index (χ1n) is 11.0. The van der Waals surface area contributed by atoms with Gasteiger partial charge in [-0.25, -0.2) is 13.2 Å². The molecule has 186 valence electrons. The minimum Gasteiger partial charge on any atom is -0.462 e. The first kappa shape index (κ1) is 26.3. The molecule has 0 unspecified atom stereocenters.